The molecular formula is C19H20N4O5S. The van der Waals surface area contributed by atoms with Gasteiger partial charge in [0.15, 0.2) is 0 Å². The van der Waals surface area contributed by atoms with Crippen LogP contribution in [0.1, 0.15) is 17.3 Å². The van der Waals surface area contributed by atoms with Gasteiger partial charge in [-0.2, -0.15) is 0 Å². The van der Waals surface area contributed by atoms with Gasteiger partial charge >= 0.3 is 6.01 Å². The van der Waals surface area contributed by atoms with Crippen molar-refractivity contribution in [3.05, 3.63) is 54.1 Å². The largest absolute Gasteiger partial charge is 0.494 e. The summed E-state index contributed by atoms with van der Waals surface area (Å²) in [6.07, 6.45) is 0. The number of amides is 1. The smallest absolute Gasteiger partial charge is 0.322 e. The number of anilines is 1. The zero-order valence-corrected chi connectivity index (χ0v) is 16.9. The fraction of sp³-hybridized carbons (Fsp3) is 0.211. The molecule has 0 radical (unpaired) electrons. The molecule has 0 spiro atoms. The third kappa shape index (κ3) is 4.61. The lowest BCUT2D eigenvalue weighted by Crippen LogP contribution is -2.22. The summed E-state index contributed by atoms with van der Waals surface area (Å²) in [5.74, 6) is 0.473. The average molecular weight is 416 g/mol. The lowest BCUT2D eigenvalue weighted by atomic mass is 10.2. The Hall–Kier alpha value is -3.24. The Kier molecular flexibility index (Phi) is 5.95. The van der Waals surface area contributed by atoms with Crippen molar-refractivity contribution in [1.29, 1.82) is 0 Å². The SMILES string of the molecule is CCOc1ccc(-c2nnc(NC(=O)c3ccc(S(=O)(=O)N(C)C)cc3)o2)cc1. The number of carbonyl (C=O) groups excluding carboxylic acids is 1. The molecule has 1 heterocycles. The molecule has 0 atom stereocenters. The molecule has 0 unspecified atom stereocenters. The summed E-state index contributed by atoms with van der Waals surface area (Å²) in [6.45, 7) is 2.47. The Balaban J connectivity index is 1.70. The molecule has 0 aliphatic heterocycles. The van der Waals surface area contributed by atoms with Gasteiger partial charge < -0.3 is 9.15 Å². The predicted molar refractivity (Wildman–Crippen MR) is 106 cm³/mol. The van der Waals surface area contributed by atoms with Crippen LogP contribution < -0.4 is 10.1 Å². The number of ether oxygens (including phenoxy) is 1. The van der Waals surface area contributed by atoms with Gasteiger partial charge in [-0.05, 0) is 55.5 Å². The molecule has 1 N–H and O–H groups in total. The highest BCUT2D eigenvalue weighted by Gasteiger charge is 2.18. The van der Waals surface area contributed by atoms with E-state index in [9.17, 15) is 13.2 Å². The molecule has 0 saturated carbocycles. The van der Waals surface area contributed by atoms with Gasteiger partial charge in [-0.3, -0.25) is 10.1 Å². The quantitative estimate of drug-likeness (QED) is 0.629. The van der Waals surface area contributed by atoms with Crippen molar-refractivity contribution in [1.82, 2.24) is 14.5 Å². The van der Waals surface area contributed by atoms with E-state index in [-0.39, 0.29) is 22.4 Å². The molecule has 0 saturated heterocycles. The van der Waals surface area contributed by atoms with Gasteiger partial charge in [0.25, 0.3) is 5.91 Å². The van der Waals surface area contributed by atoms with E-state index >= 15 is 0 Å². The van der Waals surface area contributed by atoms with E-state index in [0.29, 0.717) is 12.2 Å². The summed E-state index contributed by atoms with van der Waals surface area (Å²) in [6, 6.07) is 12.6. The second-order valence-electron chi connectivity index (χ2n) is 6.14. The minimum atomic E-state index is -3.56. The van der Waals surface area contributed by atoms with E-state index in [4.69, 9.17) is 9.15 Å². The Morgan fingerprint density at radius 2 is 1.72 bits per heavy atom. The van der Waals surface area contributed by atoms with Crippen LogP contribution in [0.4, 0.5) is 6.01 Å². The first-order valence-corrected chi connectivity index (χ1v) is 10.2. The molecule has 152 valence electrons. The van der Waals surface area contributed by atoms with Crippen LogP contribution in [0.5, 0.6) is 5.75 Å². The molecule has 1 aromatic heterocycles. The van der Waals surface area contributed by atoms with Gasteiger partial charge in [-0.25, -0.2) is 12.7 Å². The summed E-state index contributed by atoms with van der Waals surface area (Å²) in [4.78, 5) is 12.4. The van der Waals surface area contributed by atoms with Crippen molar-refractivity contribution >= 4 is 21.9 Å². The monoisotopic (exact) mass is 416 g/mol. The van der Waals surface area contributed by atoms with Crippen molar-refractivity contribution in [3.63, 3.8) is 0 Å². The zero-order valence-electron chi connectivity index (χ0n) is 16.1. The van der Waals surface area contributed by atoms with Crippen molar-refractivity contribution < 1.29 is 22.4 Å². The van der Waals surface area contributed by atoms with Crippen molar-refractivity contribution in [2.75, 3.05) is 26.0 Å². The van der Waals surface area contributed by atoms with Crippen LogP contribution >= 0.6 is 0 Å². The molecule has 0 aliphatic rings. The summed E-state index contributed by atoms with van der Waals surface area (Å²) in [7, 11) is -0.685. The third-order valence-corrected chi connectivity index (χ3v) is 5.78. The van der Waals surface area contributed by atoms with Crippen LogP contribution in [0.25, 0.3) is 11.5 Å². The topological polar surface area (TPSA) is 115 Å². The zero-order chi connectivity index (χ0) is 21.0. The lowest BCUT2D eigenvalue weighted by molar-refractivity contribution is 0.102. The van der Waals surface area contributed by atoms with E-state index in [1.54, 1.807) is 24.3 Å². The number of hydrogen-bond donors (Lipinski definition) is 1. The van der Waals surface area contributed by atoms with E-state index in [0.717, 1.165) is 10.1 Å². The highest BCUT2D eigenvalue weighted by Crippen LogP contribution is 2.23. The second kappa shape index (κ2) is 8.41. The summed E-state index contributed by atoms with van der Waals surface area (Å²) < 4.78 is 36.1. The minimum Gasteiger partial charge on any atom is -0.494 e. The fourth-order valence-corrected chi connectivity index (χ4v) is 3.31. The van der Waals surface area contributed by atoms with Crippen molar-refractivity contribution in [3.8, 4) is 17.2 Å². The van der Waals surface area contributed by atoms with Gasteiger partial charge in [0.05, 0.1) is 11.5 Å². The first-order chi connectivity index (χ1) is 13.8. The molecule has 3 rings (SSSR count). The molecule has 10 heteroatoms. The normalized spacial score (nSPS) is 11.4. The van der Waals surface area contributed by atoms with E-state index in [2.05, 4.69) is 15.5 Å². The highest BCUT2D eigenvalue weighted by atomic mass is 32.2. The maximum absolute atomic E-state index is 12.4. The van der Waals surface area contributed by atoms with Crippen LogP contribution in [0.2, 0.25) is 0 Å². The van der Waals surface area contributed by atoms with E-state index in [1.807, 2.05) is 6.92 Å². The van der Waals surface area contributed by atoms with Crippen LogP contribution in [0.15, 0.2) is 57.8 Å². The molecule has 0 fully saturated rings. The number of sulfonamides is 1. The molecule has 29 heavy (non-hydrogen) atoms. The average Bonchev–Trinajstić information content (AvgIpc) is 3.17. The molecule has 1 amide bonds. The van der Waals surface area contributed by atoms with Crippen LogP contribution in [0.3, 0.4) is 0 Å². The summed E-state index contributed by atoms with van der Waals surface area (Å²) >= 11 is 0. The van der Waals surface area contributed by atoms with Gasteiger partial charge in [0.2, 0.25) is 15.9 Å². The van der Waals surface area contributed by atoms with Crippen LogP contribution in [0, 0.1) is 0 Å². The number of nitrogens with one attached hydrogen (secondary N) is 1. The van der Waals surface area contributed by atoms with Crippen molar-refractivity contribution in [2.24, 2.45) is 0 Å². The number of carbonyl (C=O) groups is 1. The predicted octanol–water partition coefficient (Wildman–Crippen LogP) is 2.64. The van der Waals surface area contributed by atoms with E-state index < -0.39 is 15.9 Å². The summed E-state index contributed by atoms with van der Waals surface area (Å²) in [5.41, 5.74) is 0.934. The maximum Gasteiger partial charge on any atom is 0.322 e. The first-order valence-electron chi connectivity index (χ1n) is 8.72. The fourth-order valence-electron chi connectivity index (χ4n) is 2.41. The van der Waals surface area contributed by atoms with Crippen LogP contribution in [-0.2, 0) is 10.0 Å². The maximum atomic E-state index is 12.4. The highest BCUT2D eigenvalue weighted by molar-refractivity contribution is 7.89. The molecule has 9 nitrogen and oxygen atoms in total. The molecule has 0 aliphatic carbocycles. The third-order valence-electron chi connectivity index (χ3n) is 3.95. The number of aromatic nitrogens is 2. The number of hydrogen-bond acceptors (Lipinski definition) is 7. The number of benzene rings is 2. The van der Waals surface area contributed by atoms with Crippen LogP contribution in [-0.4, -0.2) is 49.5 Å². The number of rotatable bonds is 7. The Labute approximate surface area is 168 Å². The molecular weight excluding hydrogens is 396 g/mol. The van der Waals surface area contributed by atoms with Gasteiger partial charge in [0.1, 0.15) is 5.75 Å². The molecule has 3 aromatic rings. The van der Waals surface area contributed by atoms with Gasteiger partial charge in [0, 0.05) is 25.2 Å². The second-order valence-corrected chi connectivity index (χ2v) is 8.29. The van der Waals surface area contributed by atoms with Gasteiger partial charge in [-0.15, -0.1) is 5.10 Å². The summed E-state index contributed by atoms with van der Waals surface area (Å²) in [5, 5.41) is 10.2. The lowest BCUT2D eigenvalue weighted by Gasteiger charge is -2.11. The van der Waals surface area contributed by atoms with Crippen molar-refractivity contribution in [2.45, 2.75) is 11.8 Å². The number of nitrogens with zero attached hydrogens (tertiary/aromatic N) is 3. The minimum absolute atomic E-state index is 0.0659. The molecule has 0 bridgehead atoms. The first kappa shape index (κ1) is 20.5. The Morgan fingerprint density at radius 3 is 2.31 bits per heavy atom. The van der Waals surface area contributed by atoms with E-state index in [1.165, 1.54) is 38.4 Å². The standard InChI is InChI=1S/C19H20N4O5S/c1-4-27-15-9-5-14(6-10-15)18-21-22-19(28-18)20-17(24)13-7-11-16(12-8-13)29(25,26)23(2)3/h5-12H,4H2,1-3H3,(H,20,22,24). The molecule has 2 aromatic carbocycles. The van der Waals surface area contributed by atoms with Gasteiger partial charge in [-0.1, -0.05) is 5.10 Å². The Morgan fingerprint density at radius 1 is 1.07 bits per heavy atom. The Bertz CT molecular complexity index is 1090.